The molecule has 0 radical (unpaired) electrons. The van der Waals surface area contributed by atoms with Crippen LogP contribution >= 0.6 is 0 Å². The zero-order valence-electron chi connectivity index (χ0n) is 14.7. The number of piperidine rings is 1. The van der Waals surface area contributed by atoms with E-state index < -0.39 is 0 Å². The Bertz CT molecular complexity index is 901. The summed E-state index contributed by atoms with van der Waals surface area (Å²) < 4.78 is 5.18. The summed E-state index contributed by atoms with van der Waals surface area (Å²) in [5, 5.41) is 8.19. The van der Waals surface area contributed by atoms with Gasteiger partial charge < -0.3 is 14.7 Å². The van der Waals surface area contributed by atoms with Crippen LogP contribution in [0.5, 0.6) is 0 Å². The minimum absolute atomic E-state index is 0.120. The smallest absolute Gasteiger partial charge is 0.263 e. The average Bonchev–Trinajstić information content (AvgIpc) is 3.08. The van der Waals surface area contributed by atoms with Crippen LogP contribution in [-0.4, -0.2) is 45.6 Å². The molecule has 0 atom stereocenters. The van der Waals surface area contributed by atoms with Gasteiger partial charge in [0.2, 0.25) is 0 Å². The van der Waals surface area contributed by atoms with E-state index in [0.29, 0.717) is 11.6 Å². The molecule has 1 N–H and O–H groups in total. The highest BCUT2D eigenvalue weighted by Crippen LogP contribution is 2.24. The summed E-state index contributed by atoms with van der Waals surface area (Å²) in [5.74, 6) is 1.38. The fraction of sp³-hybridized carbons (Fsp3) is 0.368. The molecule has 3 heterocycles. The standard InChI is InChI=1S/C19H21N5O2/c1-13-16-17(21-12-22-18(16)26-23-13)20-11-14-7-9-24(10-8-14)19(25)15-5-3-2-4-6-15/h2-6,12,14H,7-11H2,1H3,(H,20,21,22). The summed E-state index contributed by atoms with van der Waals surface area (Å²) >= 11 is 0. The number of hydrogen-bond acceptors (Lipinski definition) is 6. The Hall–Kier alpha value is -2.96. The van der Waals surface area contributed by atoms with Gasteiger partial charge in [-0.15, -0.1) is 0 Å². The number of amides is 1. The number of carbonyl (C=O) groups is 1. The van der Waals surface area contributed by atoms with Crippen molar-refractivity contribution in [2.45, 2.75) is 19.8 Å². The number of nitrogens with one attached hydrogen (secondary N) is 1. The lowest BCUT2D eigenvalue weighted by atomic mass is 9.96. The minimum atomic E-state index is 0.120. The summed E-state index contributed by atoms with van der Waals surface area (Å²) in [6.45, 7) is 4.26. The Morgan fingerprint density at radius 1 is 1.23 bits per heavy atom. The van der Waals surface area contributed by atoms with Gasteiger partial charge >= 0.3 is 0 Å². The molecule has 4 rings (SSSR count). The fourth-order valence-electron chi connectivity index (χ4n) is 3.40. The minimum Gasteiger partial charge on any atom is -0.369 e. The third-order valence-corrected chi connectivity index (χ3v) is 4.92. The molecule has 0 spiro atoms. The van der Waals surface area contributed by atoms with Gasteiger partial charge in [-0.1, -0.05) is 23.4 Å². The Kier molecular flexibility index (Phi) is 4.51. The van der Waals surface area contributed by atoms with Gasteiger partial charge in [0, 0.05) is 25.2 Å². The largest absolute Gasteiger partial charge is 0.369 e. The second kappa shape index (κ2) is 7.11. The van der Waals surface area contributed by atoms with Crippen molar-refractivity contribution >= 4 is 22.8 Å². The number of likely N-dealkylation sites (tertiary alicyclic amines) is 1. The average molecular weight is 351 g/mol. The first-order valence-corrected chi connectivity index (χ1v) is 8.87. The summed E-state index contributed by atoms with van der Waals surface area (Å²) in [6.07, 6.45) is 3.43. The molecule has 1 aliphatic heterocycles. The van der Waals surface area contributed by atoms with Crippen LogP contribution in [0.1, 0.15) is 28.9 Å². The van der Waals surface area contributed by atoms with Crippen LogP contribution in [0.3, 0.4) is 0 Å². The van der Waals surface area contributed by atoms with Gasteiger partial charge in [-0.2, -0.15) is 4.98 Å². The Balaban J connectivity index is 1.34. The van der Waals surface area contributed by atoms with E-state index in [-0.39, 0.29) is 5.91 Å². The van der Waals surface area contributed by atoms with Gasteiger partial charge in [0.1, 0.15) is 17.5 Å². The van der Waals surface area contributed by atoms with Crippen LogP contribution in [0.15, 0.2) is 41.2 Å². The van der Waals surface area contributed by atoms with E-state index in [4.69, 9.17) is 4.52 Å². The van der Waals surface area contributed by atoms with Crippen LogP contribution < -0.4 is 5.32 Å². The zero-order chi connectivity index (χ0) is 17.9. The van der Waals surface area contributed by atoms with E-state index in [1.165, 1.54) is 6.33 Å². The van der Waals surface area contributed by atoms with Crippen molar-refractivity contribution in [3.8, 4) is 0 Å². The van der Waals surface area contributed by atoms with Crippen molar-refractivity contribution in [3.05, 3.63) is 47.9 Å². The number of anilines is 1. The van der Waals surface area contributed by atoms with Crippen molar-refractivity contribution < 1.29 is 9.32 Å². The van der Waals surface area contributed by atoms with Crippen LogP contribution in [0.2, 0.25) is 0 Å². The number of hydrogen-bond donors (Lipinski definition) is 1. The molecule has 0 saturated carbocycles. The highest BCUT2D eigenvalue weighted by molar-refractivity contribution is 5.94. The van der Waals surface area contributed by atoms with E-state index in [2.05, 4.69) is 20.4 Å². The van der Waals surface area contributed by atoms with Gasteiger partial charge in [-0.05, 0) is 37.8 Å². The SMILES string of the molecule is Cc1noc2ncnc(NCC3CCN(C(=O)c4ccccc4)CC3)c12. The number of nitrogens with zero attached hydrogens (tertiary/aromatic N) is 4. The summed E-state index contributed by atoms with van der Waals surface area (Å²) in [5.41, 5.74) is 2.05. The van der Waals surface area contributed by atoms with Gasteiger partial charge in [0.05, 0.1) is 5.69 Å². The van der Waals surface area contributed by atoms with E-state index in [9.17, 15) is 4.79 Å². The number of aryl methyl sites for hydroxylation is 1. The van der Waals surface area contributed by atoms with Gasteiger partial charge in [0.15, 0.2) is 0 Å². The third kappa shape index (κ3) is 3.24. The maximum Gasteiger partial charge on any atom is 0.263 e. The monoisotopic (exact) mass is 351 g/mol. The topological polar surface area (TPSA) is 84.2 Å². The molecule has 134 valence electrons. The predicted molar refractivity (Wildman–Crippen MR) is 97.9 cm³/mol. The first-order chi connectivity index (χ1) is 12.7. The lowest BCUT2D eigenvalue weighted by Crippen LogP contribution is -2.39. The molecule has 1 saturated heterocycles. The van der Waals surface area contributed by atoms with Crippen molar-refractivity contribution in [1.82, 2.24) is 20.0 Å². The summed E-state index contributed by atoms with van der Waals surface area (Å²) in [6, 6.07) is 9.48. The maximum absolute atomic E-state index is 12.5. The Morgan fingerprint density at radius 2 is 2.00 bits per heavy atom. The van der Waals surface area contributed by atoms with Crippen molar-refractivity contribution in [3.63, 3.8) is 0 Å². The molecule has 7 nitrogen and oxygen atoms in total. The van der Waals surface area contributed by atoms with Crippen LogP contribution in [0, 0.1) is 12.8 Å². The number of carbonyl (C=O) groups excluding carboxylic acids is 1. The van der Waals surface area contributed by atoms with E-state index in [1.54, 1.807) is 0 Å². The van der Waals surface area contributed by atoms with E-state index >= 15 is 0 Å². The second-order valence-electron chi connectivity index (χ2n) is 6.65. The number of benzene rings is 1. The molecule has 7 heteroatoms. The van der Waals surface area contributed by atoms with Crippen LogP contribution in [-0.2, 0) is 0 Å². The number of aromatic nitrogens is 3. The molecular formula is C19H21N5O2. The van der Waals surface area contributed by atoms with E-state index in [0.717, 1.165) is 54.9 Å². The first-order valence-electron chi connectivity index (χ1n) is 8.87. The van der Waals surface area contributed by atoms with Crippen LogP contribution in [0.4, 0.5) is 5.82 Å². The molecule has 0 bridgehead atoms. The molecule has 1 amide bonds. The molecule has 3 aromatic rings. The lowest BCUT2D eigenvalue weighted by molar-refractivity contribution is 0.0695. The summed E-state index contributed by atoms with van der Waals surface area (Å²) in [4.78, 5) is 22.9. The van der Waals surface area contributed by atoms with Gasteiger partial charge in [-0.3, -0.25) is 4.79 Å². The van der Waals surface area contributed by atoms with Gasteiger partial charge in [-0.25, -0.2) is 4.98 Å². The highest BCUT2D eigenvalue weighted by Gasteiger charge is 2.24. The Morgan fingerprint density at radius 3 is 2.77 bits per heavy atom. The second-order valence-corrected chi connectivity index (χ2v) is 6.65. The molecule has 1 fully saturated rings. The van der Waals surface area contributed by atoms with Crippen molar-refractivity contribution in [1.29, 1.82) is 0 Å². The molecule has 1 aliphatic rings. The zero-order valence-corrected chi connectivity index (χ0v) is 14.7. The molecule has 0 unspecified atom stereocenters. The Labute approximate surface area is 151 Å². The fourth-order valence-corrected chi connectivity index (χ4v) is 3.40. The number of fused-ring (bicyclic) bond motifs is 1. The van der Waals surface area contributed by atoms with E-state index in [1.807, 2.05) is 42.2 Å². The van der Waals surface area contributed by atoms with Crippen LogP contribution in [0.25, 0.3) is 11.1 Å². The van der Waals surface area contributed by atoms with Crippen molar-refractivity contribution in [2.24, 2.45) is 5.92 Å². The molecule has 2 aromatic heterocycles. The molecular weight excluding hydrogens is 330 g/mol. The highest BCUT2D eigenvalue weighted by atomic mass is 16.5. The molecule has 1 aromatic carbocycles. The normalized spacial score (nSPS) is 15.3. The third-order valence-electron chi connectivity index (χ3n) is 4.92. The quantitative estimate of drug-likeness (QED) is 0.778. The molecule has 0 aliphatic carbocycles. The van der Waals surface area contributed by atoms with Crippen molar-refractivity contribution in [2.75, 3.05) is 25.0 Å². The molecule has 26 heavy (non-hydrogen) atoms. The first kappa shape index (κ1) is 16.5. The number of rotatable bonds is 4. The summed E-state index contributed by atoms with van der Waals surface area (Å²) in [7, 11) is 0. The van der Waals surface area contributed by atoms with Gasteiger partial charge in [0.25, 0.3) is 11.6 Å². The maximum atomic E-state index is 12.5. The lowest BCUT2D eigenvalue weighted by Gasteiger charge is -2.32. The predicted octanol–water partition coefficient (Wildman–Crippen LogP) is 2.89.